The molecule has 0 amide bonds. The van der Waals surface area contributed by atoms with E-state index in [0.717, 1.165) is 37.7 Å². The molecule has 3 aromatic rings. The van der Waals surface area contributed by atoms with Crippen molar-refractivity contribution in [3.8, 4) is 11.5 Å². The number of Topliss-reactive ketones (excluding diaryl/α,β-unsaturated/α-hetero) is 1. The Labute approximate surface area is 177 Å². The van der Waals surface area contributed by atoms with Crippen LogP contribution in [0, 0.1) is 0 Å². The normalized spacial score (nSPS) is 11.0. The number of benzene rings is 1. The summed E-state index contributed by atoms with van der Waals surface area (Å²) >= 11 is 0. The zero-order chi connectivity index (χ0) is 21.0. The number of methoxy groups -OCH3 is 1. The Bertz CT molecular complexity index is 891. The second-order valence-corrected chi connectivity index (χ2v) is 7.16. The molecular weight excluding hydrogens is 380 g/mol. The summed E-state index contributed by atoms with van der Waals surface area (Å²) < 4.78 is 15.8. The lowest BCUT2D eigenvalue weighted by atomic mass is 10.0. The highest BCUT2D eigenvalue weighted by Crippen LogP contribution is 2.20. The van der Waals surface area contributed by atoms with E-state index in [9.17, 15) is 4.79 Å². The molecule has 0 unspecified atom stereocenters. The molecule has 158 valence electrons. The van der Waals surface area contributed by atoms with Gasteiger partial charge < -0.3 is 13.9 Å². The topological polar surface area (TPSA) is 74.5 Å². The van der Waals surface area contributed by atoms with Gasteiger partial charge in [-0.3, -0.25) is 9.78 Å². The lowest BCUT2D eigenvalue weighted by Gasteiger charge is -2.03. The van der Waals surface area contributed by atoms with Crippen molar-refractivity contribution < 1.29 is 18.7 Å². The number of pyridine rings is 1. The van der Waals surface area contributed by atoms with Crippen LogP contribution in [0.4, 0.5) is 0 Å². The Balaban J connectivity index is 1.39. The largest absolute Gasteiger partial charge is 0.432 e. The third-order valence-electron chi connectivity index (χ3n) is 4.75. The van der Waals surface area contributed by atoms with Gasteiger partial charge in [0.05, 0.1) is 12.8 Å². The molecule has 0 N–H and O–H groups in total. The number of carbonyl (C=O) groups is 1. The molecule has 6 nitrogen and oxygen atoms in total. The average molecular weight is 408 g/mol. The first-order valence-electron chi connectivity index (χ1n) is 10.3. The number of aromatic nitrogens is 2. The summed E-state index contributed by atoms with van der Waals surface area (Å²) in [4.78, 5) is 20.8. The third kappa shape index (κ3) is 6.90. The molecule has 0 aliphatic carbocycles. The molecule has 30 heavy (non-hydrogen) atoms. The van der Waals surface area contributed by atoms with E-state index in [1.165, 1.54) is 5.56 Å². The quantitative estimate of drug-likeness (QED) is 0.219. The van der Waals surface area contributed by atoms with E-state index >= 15 is 0 Å². The molecule has 0 fully saturated rings. The van der Waals surface area contributed by atoms with Crippen LogP contribution in [0.25, 0.3) is 11.5 Å². The Hall–Kier alpha value is -2.83. The number of oxazole rings is 1. The van der Waals surface area contributed by atoms with E-state index in [1.807, 2.05) is 18.2 Å². The molecule has 6 heteroatoms. The fraction of sp³-hybridized carbons (Fsp3) is 0.375. The molecule has 2 aromatic heterocycles. The summed E-state index contributed by atoms with van der Waals surface area (Å²) in [5.74, 6) is 0.586. The van der Waals surface area contributed by atoms with Gasteiger partial charge in [0, 0.05) is 19.7 Å². The molecule has 3 rings (SSSR count). The number of nitrogens with zero attached hydrogens (tertiary/aromatic N) is 2. The number of ether oxygens (including phenoxy) is 2. The second-order valence-electron chi connectivity index (χ2n) is 7.16. The van der Waals surface area contributed by atoms with Crippen molar-refractivity contribution >= 4 is 5.78 Å². The molecular formula is C24H28N2O4. The summed E-state index contributed by atoms with van der Waals surface area (Å²) in [5, 5.41) is 0. The SMILES string of the molecule is COCOCc1ccc(-c2cnc(C(=O)CCCCCCc3ccccc3)o2)nc1. The van der Waals surface area contributed by atoms with Crippen LogP contribution < -0.4 is 0 Å². The fourth-order valence-electron chi connectivity index (χ4n) is 3.14. The van der Waals surface area contributed by atoms with Crippen molar-refractivity contribution in [1.82, 2.24) is 9.97 Å². The van der Waals surface area contributed by atoms with Crippen LogP contribution in [-0.2, 0) is 22.5 Å². The van der Waals surface area contributed by atoms with Crippen LogP contribution in [0.15, 0.2) is 59.3 Å². The van der Waals surface area contributed by atoms with E-state index in [2.05, 4.69) is 34.2 Å². The van der Waals surface area contributed by atoms with Crippen LogP contribution in [0.5, 0.6) is 0 Å². The smallest absolute Gasteiger partial charge is 0.263 e. The zero-order valence-electron chi connectivity index (χ0n) is 17.4. The van der Waals surface area contributed by atoms with Crippen molar-refractivity contribution in [3.05, 3.63) is 71.9 Å². The second kappa shape index (κ2) is 12.0. The van der Waals surface area contributed by atoms with Gasteiger partial charge in [-0.15, -0.1) is 0 Å². The van der Waals surface area contributed by atoms with Gasteiger partial charge in [0.15, 0.2) is 5.76 Å². The molecule has 0 spiro atoms. The van der Waals surface area contributed by atoms with Gasteiger partial charge >= 0.3 is 0 Å². The summed E-state index contributed by atoms with van der Waals surface area (Å²) in [6.07, 6.45) is 8.93. The first-order valence-corrected chi connectivity index (χ1v) is 10.3. The van der Waals surface area contributed by atoms with Crippen LogP contribution in [-0.4, -0.2) is 29.7 Å². The number of aryl methyl sites for hydroxylation is 1. The maximum Gasteiger partial charge on any atom is 0.263 e. The van der Waals surface area contributed by atoms with Gasteiger partial charge in [-0.05, 0) is 36.5 Å². The lowest BCUT2D eigenvalue weighted by Crippen LogP contribution is -1.99. The Morgan fingerprint density at radius 2 is 1.77 bits per heavy atom. The highest BCUT2D eigenvalue weighted by molar-refractivity contribution is 5.91. The highest BCUT2D eigenvalue weighted by atomic mass is 16.7. The van der Waals surface area contributed by atoms with Crippen molar-refractivity contribution in [1.29, 1.82) is 0 Å². The van der Waals surface area contributed by atoms with Gasteiger partial charge in [-0.1, -0.05) is 49.2 Å². The number of ketones is 1. The summed E-state index contributed by atoms with van der Waals surface area (Å²) in [6.45, 7) is 0.662. The van der Waals surface area contributed by atoms with Crippen LogP contribution in [0.2, 0.25) is 0 Å². The predicted molar refractivity (Wildman–Crippen MR) is 114 cm³/mol. The monoisotopic (exact) mass is 408 g/mol. The maximum atomic E-state index is 12.3. The zero-order valence-corrected chi connectivity index (χ0v) is 17.4. The number of hydrogen-bond acceptors (Lipinski definition) is 6. The molecule has 0 aliphatic heterocycles. The van der Waals surface area contributed by atoms with Gasteiger partial charge in [-0.25, -0.2) is 4.98 Å². The average Bonchev–Trinajstić information content (AvgIpc) is 3.28. The van der Waals surface area contributed by atoms with Crippen LogP contribution >= 0.6 is 0 Å². The molecule has 0 aliphatic rings. The van der Waals surface area contributed by atoms with Crippen molar-refractivity contribution in [2.75, 3.05) is 13.9 Å². The van der Waals surface area contributed by atoms with E-state index in [-0.39, 0.29) is 18.5 Å². The Morgan fingerprint density at radius 1 is 0.933 bits per heavy atom. The van der Waals surface area contributed by atoms with Crippen molar-refractivity contribution in [2.45, 2.75) is 45.1 Å². The predicted octanol–water partition coefficient (Wildman–Crippen LogP) is 5.23. The van der Waals surface area contributed by atoms with Gasteiger partial charge in [-0.2, -0.15) is 0 Å². The Morgan fingerprint density at radius 3 is 2.53 bits per heavy atom. The number of carbonyl (C=O) groups excluding carboxylic acids is 1. The standard InChI is InChI=1S/C24H28N2O4/c1-28-18-29-17-20-13-14-21(25-15-20)23-16-26-24(30-23)22(27)12-8-3-2-5-9-19-10-6-4-7-11-19/h4,6-7,10-11,13-16H,2-3,5,8-9,12,17-18H2,1H3. The van der Waals surface area contributed by atoms with E-state index in [1.54, 1.807) is 19.5 Å². The molecule has 0 atom stereocenters. The van der Waals surface area contributed by atoms with Crippen LogP contribution in [0.3, 0.4) is 0 Å². The number of unbranched alkanes of at least 4 members (excludes halogenated alkanes) is 3. The molecule has 0 saturated carbocycles. The first-order chi connectivity index (χ1) is 14.8. The number of hydrogen-bond donors (Lipinski definition) is 0. The molecule has 2 heterocycles. The van der Waals surface area contributed by atoms with E-state index in [4.69, 9.17) is 13.9 Å². The van der Waals surface area contributed by atoms with Crippen molar-refractivity contribution in [2.24, 2.45) is 0 Å². The van der Waals surface area contributed by atoms with Gasteiger partial charge in [0.1, 0.15) is 12.5 Å². The minimum absolute atomic E-state index is 0.0612. The Kier molecular flexibility index (Phi) is 8.75. The molecule has 0 bridgehead atoms. The minimum Gasteiger partial charge on any atom is -0.432 e. The summed E-state index contributed by atoms with van der Waals surface area (Å²) in [6, 6.07) is 14.2. The maximum absolute atomic E-state index is 12.3. The first kappa shape index (κ1) is 21.9. The minimum atomic E-state index is -0.0612. The third-order valence-corrected chi connectivity index (χ3v) is 4.75. The van der Waals surface area contributed by atoms with Gasteiger partial charge in [0.25, 0.3) is 5.89 Å². The number of rotatable bonds is 13. The molecule has 1 aromatic carbocycles. The summed E-state index contributed by atoms with van der Waals surface area (Å²) in [7, 11) is 1.58. The highest BCUT2D eigenvalue weighted by Gasteiger charge is 2.14. The van der Waals surface area contributed by atoms with Crippen molar-refractivity contribution in [3.63, 3.8) is 0 Å². The van der Waals surface area contributed by atoms with E-state index in [0.29, 0.717) is 24.5 Å². The summed E-state index contributed by atoms with van der Waals surface area (Å²) in [5.41, 5.74) is 2.93. The molecule has 0 saturated heterocycles. The van der Waals surface area contributed by atoms with E-state index < -0.39 is 0 Å². The van der Waals surface area contributed by atoms with Gasteiger partial charge in [0.2, 0.25) is 5.78 Å². The fourth-order valence-corrected chi connectivity index (χ4v) is 3.14. The lowest BCUT2D eigenvalue weighted by molar-refractivity contribution is -0.0391. The molecule has 0 radical (unpaired) electrons. The van der Waals surface area contributed by atoms with Crippen LogP contribution in [0.1, 0.15) is 53.9 Å².